The molecule has 0 atom stereocenters. The summed E-state index contributed by atoms with van der Waals surface area (Å²) < 4.78 is 6.67. The van der Waals surface area contributed by atoms with Crippen LogP contribution in [0.2, 0.25) is 0 Å². The summed E-state index contributed by atoms with van der Waals surface area (Å²) in [6.45, 7) is 3.37. The number of hydrogen-bond donors (Lipinski definition) is 0. The van der Waals surface area contributed by atoms with Gasteiger partial charge in [0.05, 0.1) is 0 Å². The van der Waals surface area contributed by atoms with Crippen LogP contribution in [-0.4, -0.2) is 48.6 Å². The molecule has 1 aromatic carbocycles. The van der Waals surface area contributed by atoms with Gasteiger partial charge in [0, 0.05) is 31.2 Å². The topological polar surface area (TPSA) is 15.7 Å². The number of hydrogen-bond acceptors (Lipinski definition) is 3. The Morgan fingerprint density at radius 1 is 1.08 bits per heavy atom. The van der Waals surface area contributed by atoms with E-state index in [-0.39, 0.29) is 5.60 Å². The highest BCUT2D eigenvalue weighted by atomic mass is 16.5. The lowest BCUT2D eigenvalue weighted by Gasteiger charge is -2.44. The van der Waals surface area contributed by atoms with E-state index in [9.17, 15) is 0 Å². The van der Waals surface area contributed by atoms with Crippen LogP contribution in [0.1, 0.15) is 63.4 Å². The van der Waals surface area contributed by atoms with E-state index in [0.717, 1.165) is 30.8 Å². The van der Waals surface area contributed by atoms with Crippen LogP contribution >= 0.6 is 0 Å². The van der Waals surface area contributed by atoms with Gasteiger partial charge >= 0.3 is 0 Å². The Kier molecular flexibility index (Phi) is 5.56. The Morgan fingerprint density at radius 3 is 2.58 bits per heavy atom. The molecule has 2 fully saturated rings. The molecule has 0 bridgehead atoms. The van der Waals surface area contributed by atoms with Crippen LogP contribution in [0.5, 0.6) is 5.75 Å². The molecule has 0 radical (unpaired) electrons. The first-order valence-electron chi connectivity index (χ1n) is 10.8. The summed E-state index contributed by atoms with van der Waals surface area (Å²) in [5, 5.41) is 0. The van der Waals surface area contributed by atoms with Crippen molar-refractivity contribution in [3.8, 4) is 5.75 Å². The molecule has 3 heteroatoms. The molecule has 0 amide bonds. The smallest absolute Gasteiger partial charge is 0.124 e. The number of likely N-dealkylation sites (N-methyl/N-ethyl adjacent to an activating group) is 1. The summed E-state index contributed by atoms with van der Waals surface area (Å²) in [7, 11) is 4.61. The fourth-order valence-corrected chi connectivity index (χ4v) is 5.59. The molecule has 3 nitrogen and oxygen atoms in total. The second-order valence-corrected chi connectivity index (χ2v) is 9.24. The molecule has 26 heavy (non-hydrogen) atoms. The predicted molar refractivity (Wildman–Crippen MR) is 108 cm³/mol. The van der Waals surface area contributed by atoms with E-state index >= 15 is 0 Å². The average molecular weight is 357 g/mol. The van der Waals surface area contributed by atoms with Crippen molar-refractivity contribution in [2.24, 2.45) is 5.92 Å². The third kappa shape index (κ3) is 4.09. The minimum absolute atomic E-state index is 0.0174. The first-order chi connectivity index (χ1) is 12.6. The number of fused-ring (bicyclic) bond motifs is 1. The molecule has 3 aliphatic rings. The van der Waals surface area contributed by atoms with Gasteiger partial charge in [-0.2, -0.15) is 0 Å². The van der Waals surface area contributed by atoms with Gasteiger partial charge in [-0.25, -0.2) is 0 Å². The zero-order valence-electron chi connectivity index (χ0n) is 16.8. The minimum Gasteiger partial charge on any atom is -0.486 e. The number of para-hydroxylation sites is 1. The molecule has 1 aromatic rings. The fraction of sp³-hybridized carbons (Fsp3) is 0.739. The molecular formula is C23H36N2O. The van der Waals surface area contributed by atoms with Gasteiger partial charge in [-0.1, -0.05) is 37.5 Å². The Balaban J connectivity index is 1.37. The van der Waals surface area contributed by atoms with Gasteiger partial charge in [0.15, 0.2) is 0 Å². The summed E-state index contributed by atoms with van der Waals surface area (Å²) >= 11 is 0. The summed E-state index contributed by atoms with van der Waals surface area (Å²) in [4.78, 5) is 5.13. The van der Waals surface area contributed by atoms with Gasteiger partial charge in [0.2, 0.25) is 0 Å². The maximum atomic E-state index is 6.67. The van der Waals surface area contributed by atoms with E-state index in [2.05, 4.69) is 48.2 Å². The van der Waals surface area contributed by atoms with E-state index in [4.69, 9.17) is 4.74 Å². The third-order valence-electron chi connectivity index (χ3n) is 7.06. The lowest BCUT2D eigenvalue weighted by molar-refractivity contribution is -0.0121. The Morgan fingerprint density at radius 2 is 1.81 bits per heavy atom. The van der Waals surface area contributed by atoms with Crippen molar-refractivity contribution >= 4 is 0 Å². The zero-order valence-corrected chi connectivity index (χ0v) is 16.8. The van der Waals surface area contributed by atoms with Crippen LogP contribution in [0.3, 0.4) is 0 Å². The number of nitrogens with zero attached hydrogens (tertiary/aromatic N) is 2. The number of ether oxygens (including phenoxy) is 1. The average Bonchev–Trinajstić information content (AvgIpc) is 2.78. The van der Waals surface area contributed by atoms with Crippen LogP contribution in [0, 0.1) is 5.92 Å². The highest BCUT2D eigenvalue weighted by Gasteiger charge is 2.41. The number of benzene rings is 1. The van der Waals surface area contributed by atoms with Gasteiger partial charge in [-0.05, 0) is 64.6 Å². The van der Waals surface area contributed by atoms with Crippen molar-refractivity contribution in [2.75, 3.05) is 27.2 Å². The van der Waals surface area contributed by atoms with Crippen molar-refractivity contribution in [3.05, 3.63) is 29.8 Å². The standard InChI is InChI=1S/C23H36N2O/c1-24-17-20-10-6-7-11-22(20)26-23(18-24)14-12-21(13-15-23)25(2)16-19-8-4-3-5-9-19/h6-7,10-11,19,21H,3-5,8-9,12-18H2,1-2H3. The summed E-state index contributed by atoms with van der Waals surface area (Å²) in [5.74, 6) is 2.06. The Hall–Kier alpha value is -1.06. The second kappa shape index (κ2) is 7.90. The summed E-state index contributed by atoms with van der Waals surface area (Å²) in [6.07, 6.45) is 12.2. The first-order valence-corrected chi connectivity index (χ1v) is 10.8. The molecule has 2 aliphatic carbocycles. The van der Waals surface area contributed by atoms with Crippen molar-refractivity contribution in [3.63, 3.8) is 0 Å². The molecule has 0 saturated heterocycles. The molecule has 0 unspecified atom stereocenters. The Bertz CT molecular complexity index is 588. The fourth-order valence-electron chi connectivity index (χ4n) is 5.59. The van der Waals surface area contributed by atoms with E-state index in [1.165, 1.54) is 69.9 Å². The van der Waals surface area contributed by atoms with Crippen LogP contribution in [-0.2, 0) is 6.54 Å². The lowest BCUT2D eigenvalue weighted by Crippen LogP contribution is -2.50. The largest absolute Gasteiger partial charge is 0.486 e. The summed E-state index contributed by atoms with van der Waals surface area (Å²) in [6, 6.07) is 9.37. The highest BCUT2D eigenvalue weighted by molar-refractivity contribution is 5.35. The highest BCUT2D eigenvalue weighted by Crippen LogP contribution is 2.39. The Labute approximate surface area is 159 Å². The van der Waals surface area contributed by atoms with Crippen molar-refractivity contribution in [1.82, 2.24) is 9.80 Å². The molecule has 0 N–H and O–H groups in total. The van der Waals surface area contributed by atoms with Crippen molar-refractivity contribution in [1.29, 1.82) is 0 Å². The maximum absolute atomic E-state index is 6.67. The molecule has 144 valence electrons. The molecule has 1 spiro atoms. The van der Waals surface area contributed by atoms with Crippen molar-refractivity contribution < 1.29 is 4.74 Å². The van der Waals surface area contributed by atoms with Crippen LogP contribution in [0.4, 0.5) is 0 Å². The first kappa shape index (κ1) is 18.3. The summed E-state index contributed by atoms with van der Waals surface area (Å²) in [5.41, 5.74) is 1.35. The quantitative estimate of drug-likeness (QED) is 0.780. The predicted octanol–water partition coefficient (Wildman–Crippen LogP) is 4.70. The van der Waals surface area contributed by atoms with E-state index in [1.54, 1.807) is 0 Å². The zero-order chi connectivity index (χ0) is 18.0. The monoisotopic (exact) mass is 356 g/mol. The molecule has 0 aromatic heterocycles. The number of rotatable bonds is 3. The van der Waals surface area contributed by atoms with E-state index in [0.29, 0.717) is 0 Å². The third-order valence-corrected chi connectivity index (χ3v) is 7.06. The molecule has 2 saturated carbocycles. The van der Waals surface area contributed by atoms with Crippen LogP contribution < -0.4 is 4.74 Å². The van der Waals surface area contributed by atoms with Crippen LogP contribution in [0.15, 0.2) is 24.3 Å². The molecular weight excluding hydrogens is 320 g/mol. The normalized spacial score (nSPS) is 30.8. The van der Waals surface area contributed by atoms with E-state index in [1.807, 2.05) is 0 Å². The maximum Gasteiger partial charge on any atom is 0.124 e. The van der Waals surface area contributed by atoms with Gasteiger partial charge in [-0.3, -0.25) is 4.90 Å². The van der Waals surface area contributed by atoms with Crippen molar-refractivity contribution in [2.45, 2.75) is 76.0 Å². The van der Waals surface area contributed by atoms with Crippen LogP contribution in [0.25, 0.3) is 0 Å². The minimum atomic E-state index is 0.0174. The molecule has 4 rings (SSSR count). The molecule has 1 aliphatic heterocycles. The molecule has 1 heterocycles. The van der Waals surface area contributed by atoms with E-state index < -0.39 is 0 Å². The van der Waals surface area contributed by atoms with Gasteiger partial charge < -0.3 is 9.64 Å². The van der Waals surface area contributed by atoms with Gasteiger partial charge in [0.25, 0.3) is 0 Å². The SMILES string of the molecule is CN1Cc2ccccc2OC2(CCC(N(C)CC3CCCCC3)CC2)C1. The van der Waals surface area contributed by atoms with Gasteiger partial charge in [-0.15, -0.1) is 0 Å². The second-order valence-electron chi connectivity index (χ2n) is 9.24. The van der Waals surface area contributed by atoms with Gasteiger partial charge in [0.1, 0.15) is 11.4 Å². The lowest BCUT2D eigenvalue weighted by atomic mass is 9.80.